The van der Waals surface area contributed by atoms with Gasteiger partial charge in [-0.15, -0.1) is 0 Å². The van der Waals surface area contributed by atoms with Crippen molar-refractivity contribution in [1.82, 2.24) is 0 Å². The summed E-state index contributed by atoms with van der Waals surface area (Å²) in [4.78, 5) is 0. The molecule has 0 aromatic rings. The summed E-state index contributed by atoms with van der Waals surface area (Å²) in [6.07, 6.45) is 0. The molecular weight excluding hydrogens is 265 g/mol. The van der Waals surface area contributed by atoms with Crippen molar-refractivity contribution in [3.63, 3.8) is 0 Å². The van der Waals surface area contributed by atoms with Crippen LogP contribution >= 0.6 is 0 Å². The molecule has 0 aliphatic carbocycles. The number of rotatable bonds is 6. The first-order chi connectivity index (χ1) is 7.83. The molecule has 0 fully saturated rings. The van der Waals surface area contributed by atoms with Crippen LogP contribution in [0, 0.1) is 11.8 Å². The minimum absolute atomic E-state index is 0.755. The topological polar surface area (TPSA) is 14.1 Å². The second-order valence-corrected chi connectivity index (χ2v) is 19.1. The fraction of sp³-hybridized carbons (Fsp3) is 1.00. The molecule has 0 rings (SSSR count). The molecule has 0 heterocycles. The predicted molar refractivity (Wildman–Crippen MR) is 95.1 cm³/mol. The standard InChI is InChI=1S/C6H18NSi2.2C4H9.Al/c1-8(2,3)7-9(4,5)6;2*1-4(2)3;/h1-6H3;2*4H,1H2,2-3H3;/q-1;;;+1. The fourth-order valence-corrected chi connectivity index (χ4v) is 11.3. The molecule has 4 heteroatoms. The van der Waals surface area contributed by atoms with Crippen LogP contribution in [-0.4, -0.2) is 31.7 Å². The molecule has 0 amide bonds. The molecule has 0 aliphatic rings. The van der Waals surface area contributed by atoms with Gasteiger partial charge in [-0.25, -0.2) is 0 Å². The van der Waals surface area contributed by atoms with Crippen LogP contribution in [0.3, 0.4) is 0 Å². The third kappa shape index (κ3) is 25.7. The summed E-state index contributed by atoms with van der Waals surface area (Å²) in [5, 5.41) is 2.97. The van der Waals surface area contributed by atoms with E-state index in [9.17, 15) is 0 Å². The van der Waals surface area contributed by atoms with Gasteiger partial charge in [0.05, 0.1) is 0 Å². The fourth-order valence-electron chi connectivity index (χ4n) is 1.77. The van der Waals surface area contributed by atoms with E-state index in [1.807, 2.05) is 0 Å². The average molecular weight is 302 g/mol. The monoisotopic (exact) mass is 301 g/mol. The molecule has 0 atom stereocenters. The Morgan fingerprint density at radius 1 is 0.722 bits per heavy atom. The van der Waals surface area contributed by atoms with Gasteiger partial charge in [-0.05, 0) is 0 Å². The van der Waals surface area contributed by atoms with Gasteiger partial charge in [0.15, 0.2) is 0 Å². The Morgan fingerprint density at radius 2 is 1.00 bits per heavy atom. The maximum atomic E-state index is 4.82. The molecule has 0 aromatic heterocycles. The Morgan fingerprint density at radius 3 is 1.11 bits per heavy atom. The van der Waals surface area contributed by atoms with Crippen molar-refractivity contribution in [1.29, 1.82) is 0 Å². The van der Waals surface area contributed by atoms with E-state index in [0.717, 1.165) is 27.1 Å². The summed E-state index contributed by atoms with van der Waals surface area (Å²) >= 11 is 0.755. The third-order valence-electron chi connectivity index (χ3n) is 1.95. The minimum Gasteiger partial charge on any atom is -0.668 e. The van der Waals surface area contributed by atoms with Crippen molar-refractivity contribution in [2.24, 2.45) is 11.8 Å². The summed E-state index contributed by atoms with van der Waals surface area (Å²) in [5.74, 6) is 1.86. The summed E-state index contributed by atoms with van der Waals surface area (Å²) in [6, 6.07) is 0. The van der Waals surface area contributed by atoms with Gasteiger partial charge in [-0.2, -0.15) is 0 Å². The third-order valence-corrected chi connectivity index (χ3v) is 9.87. The molecule has 0 radical (unpaired) electrons. The van der Waals surface area contributed by atoms with Crippen LogP contribution in [0.4, 0.5) is 0 Å². The van der Waals surface area contributed by atoms with Crippen molar-refractivity contribution in [3.05, 3.63) is 4.65 Å². The van der Waals surface area contributed by atoms with Gasteiger partial charge in [-0.3, -0.25) is 0 Å². The van der Waals surface area contributed by atoms with Crippen molar-refractivity contribution >= 4 is 31.7 Å². The van der Waals surface area contributed by atoms with Gasteiger partial charge in [0.25, 0.3) is 0 Å². The van der Waals surface area contributed by atoms with Crippen LogP contribution in [0.15, 0.2) is 0 Å². The van der Waals surface area contributed by atoms with Gasteiger partial charge in [0.1, 0.15) is 0 Å². The molecule has 0 spiro atoms. The summed E-state index contributed by atoms with van der Waals surface area (Å²) in [6.45, 7) is 23.0. The van der Waals surface area contributed by atoms with E-state index in [2.05, 4.69) is 67.0 Å². The van der Waals surface area contributed by atoms with Crippen LogP contribution < -0.4 is 0 Å². The molecule has 0 saturated carbocycles. The molecule has 1 nitrogen and oxygen atoms in total. The molecule has 0 aliphatic heterocycles. The molecule has 108 valence electrons. The smallest absolute Gasteiger partial charge is 0.0691 e. The van der Waals surface area contributed by atoms with Crippen molar-refractivity contribution in [2.75, 3.05) is 0 Å². The second-order valence-electron chi connectivity index (χ2n) is 8.00. The molecule has 0 saturated heterocycles. The summed E-state index contributed by atoms with van der Waals surface area (Å²) in [5.41, 5.74) is 0. The van der Waals surface area contributed by atoms with E-state index < -0.39 is 16.5 Å². The zero-order chi connectivity index (χ0) is 15.0. The summed E-state index contributed by atoms with van der Waals surface area (Å²) < 4.78 is 4.82. The minimum atomic E-state index is -1.11. The van der Waals surface area contributed by atoms with Crippen LogP contribution in [-0.2, 0) is 0 Å². The Hall–Kier alpha value is 0.926. The zero-order valence-corrected chi connectivity index (χ0v) is 17.7. The largest absolute Gasteiger partial charge is 0.668 e. The van der Waals surface area contributed by atoms with Gasteiger partial charge < -0.3 is 4.65 Å². The number of hydrogen-bond donors (Lipinski definition) is 0. The van der Waals surface area contributed by atoms with E-state index in [0.29, 0.717) is 0 Å². The van der Waals surface area contributed by atoms with Crippen molar-refractivity contribution < 1.29 is 0 Å². The van der Waals surface area contributed by atoms with Crippen molar-refractivity contribution in [2.45, 2.75) is 77.5 Å². The maximum Gasteiger partial charge on any atom is -0.0691 e. The molecule has 0 unspecified atom stereocenters. The van der Waals surface area contributed by atoms with E-state index in [1.54, 1.807) is 0 Å². The Balaban J connectivity index is 0. The van der Waals surface area contributed by atoms with Gasteiger partial charge in [0.2, 0.25) is 0 Å². The quantitative estimate of drug-likeness (QED) is 0.545. The summed E-state index contributed by atoms with van der Waals surface area (Å²) in [7, 11) is -2.21. The van der Waals surface area contributed by atoms with E-state index >= 15 is 0 Å². The van der Waals surface area contributed by atoms with Crippen LogP contribution in [0.1, 0.15) is 27.7 Å². The zero-order valence-electron chi connectivity index (χ0n) is 14.6. The van der Waals surface area contributed by atoms with Crippen LogP contribution in [0.5, 0.6) is 0 Å². The molecule has 0 aromatic carbocycles. The first kappa shape index (κ1) is 21.2. The van der Waals surface area contributed by atoms with E-state index in [1.165, 1.54) is 10.6 Å². The van der Waals surface area contributed by atoms with E-state index in [4.69, 9.17) is 4.65 Å². The first-order valence-electron chi connectivity index (χ1n) is 7.39. The number of nitrogens with zero attached hydrogens (tertiary/aromatic N) is 1. The normalized spacial score (nSPS) is 12.2. The Bertz CT molecular complexity index is 173. The maximum absolute atomic E-state index is 4.82. The number of hydrogen-bond acceptors (Lipinski definition) is 0. The van der Waals surface area contributed by atoms with E-state index in [-0.39, 0.29) is 0 Å². The SMILES string of the molecule is CC(C)[CH2][Al+][CH2]C(C)C.C[Si](C)(C)[N-][Si](C)(C)C. The van der Waals surface area contributed by atoms with Crippen LogP contribution in [0.2, 0.25) is 49.8 Å². The van der Waals surface area contributed by atoms with Gasteiger partial charge >= 0.3 is 65.3 Å². The second kappa shape index (κ2) is 9.77. The molecule has 0 N–H and O–H groups in total. The average Bonchev–Trinajstić information content (AvgIpc) is 1.95. The molecule has 18 heavy (non-hydrogen) atoms. The van der Waals surface area contributed by atoms with Crippen LogP contribution in [0.25, 0.3) is 4.65 Å². The first-order valence-corrected chi connectivity index (χ1v) is 15.9. The van der Waals surface area contributed by atoms with Gasteiger partial charge in [-0.1, -0.05) is 55.8 Å². The molecule has 0 bridgehead atoms. The van der Waals surface area contributed by atoms with Crippen molar-refractivity contribution in [3.8, 4) is 0 Å². The van der Waals surface area contributed by atoms with Gasteiger partial charge in [0, 0.05) is 0 Å². The molecular formula is C14H36AlNSi2. The Kier molecular flexibility index (Phi) is 11.5. The Labute approximate surface area is 125 Å². The predicted octanol–water partition coefficient (Wildman–Crippen LogP) is 5.87.